The zero-order valence-corrected chi connectivity index (χ0v) is 11.8. The largest absolute Gasteiger partial charge is 0.453 e. The molecule has 0 bridgehead atoms. The van der Waals surface area contributed by atoms with Gasteiger partial charge in [0, 0.05) is 6.42 Å². The minimum absolute atomic E-state index is 0.0457. The summed E-state index contributed by atoms with van der Waals surface area (Å²) in [5.41, 5.74) is -1.25. The number of hydrogen-bond donors (Lipinski definition) is 2. The third kappa shape index (κ3) is 1.40. The van der Waals surface area contributed by atoms with Crippen LogP contribution in [0.25, 0.3) is 0 Å². The molecule has 0 amide bonds. The van der Waals surface area contributed by atoms with Crippen LogP contribution < -0.4 is 0 Å². The Bertz CT molecular complexity index is 522. The van der Waals surface area contributed by atoms with Gasteiger partial charge in [0.25, 0.3) is 0 Å². The van der Waals surface area contributed by atoms with Gasteiger partial charge in [0.05, 0.1) is 23.2 Å². The minimum atomic E-state index is -1.14. The van der Waals surface area contributed by atoms with E-state index in [2.05, 4.69) is 0 Å². The van der Waals surface area contributed by atoms with Gasteiger partial charge in [-0.2, -0.15) is 0 Å². The molecular formula is C15H20O5. The summed E-state index contributed by atoms with van der Waals surface area (Å²) in [4.78, 5) is 24.3. The van der Waals surface area contributed by atoms with Crippen molar-refractivity contribution in [2.45, 2.75) is 51.2 Å². The summed E-state index contributed by atoms with van der Waals surface area (Å²) in [6.45, 7) is 3.28. The van der Waals surface area contributed by atoms with Crippen LogP contribution in [-0.2, 0) is 14.3 Å². The van der Waals surface area contributed by atoms with Gasteiger partial charge >= 0.3 is 5.97 Å². The van der Waals surface area contributed by atoms with Gasteiger partial charge in [0.2, 0.25) is 0 Å². The number of ketones is 1. The summed E-state index contributed by atoms with van der Waals surface area (Å²) in [5, 5.41) is 20.5. The van der Waals surface area contributed by atoms with Crippen LogP contribution in [0.1, 0.15) is 39.5 Å². The van der Waals surface area contributed by atoms with Crippen LogP contribution in [0.2, 0.25) is 0 Å². The maximum Gasteiger partial charge on any atom is 0.337 e. The molecule has 2 saturated carbocycles. The summed E-state index contributed by atoms with van der Waals surface area (Å²) in [7, 11) is 0. The Hall–Kier alpha value is -1.20. The number of aliphatic hydroxyl groups is 2. The molecule has 2 fully saturated rings. The van der Waals surface area contributed by atoms with Crippen molar-refractivity contribution >= 4 is 11.8 Å². The Balaban J connectivity index is 2.18. The zero-order valence-electron chi connectivity index (χ0n) is 11.8. The number of fused-ring (bicyclic) bond motifs is 3. The molecule has 4 atom stereocenters. The highest BCUT2D eigenvalue weighted by molar-refractivity contribution is 5.96. The third-order valence-electron chi connectivity index (χ3n) is 5.73. The average molecular weight is 280 g/mol. The van der Waals surface area contributed by atoms with Gasteiger partial charge in [-0.1, -0.05) is 6.92 Å². The molecule has 5 nitrogen and oxygen atoms in total. The molecule has 1 heterocycles. The van der Waals surface area contributed by atoms with Crippen molar-refractivity contribution in [1.29, 1.82) is 0 Å². The van der Waals surface area contributed by atoms with Gasteiger partial charge in [-0.3, -0.25) is 4.79 Å². The van der Waals surface area contributed by atoms with Gasteiger partial charge < -0.3 is 14.9 Å². The highest BCUT2D eigenvalue weighted by Gasteiger charge is 2.67. The van der Waals surface area contributed by atoms with Gasteiger partial charge in [-0.25, -0.2) is 4.79 Å². The lowest BCUT2D eigenvalue weighted by Crippen LogP contribution is -2.55. The summed E-state index contributed by atoms with van der Waals surface area (Å²) in [6.07, 6.45) is 1.28. The van der Waals surface area contributed by atoms with Crippen molar-refractivity contribution < 1.29 is 24.5 Å². The molecule has 0 aromatic heterocycles. The SMILES string of the molecule is CC1CCC2=C(CO)C(=O)OC2C2(C)C(=O)CCC12O. The van der Waals surface area contributed by atoms with Crippen LogP contribution >= 0.6 is 0 Å². The van der Waals surface area contributed by atoms with Crippen LogP contribution in [0, 0.1) is 11.3 Å². The minimum Gasteiger partial charge on any atom is -0.453 e. The number of rotatable bonds is 1. The summed E-state index contributed by atoms with van der Waals surface area (Å²) >= 11 is 0. The Labute approximate surface area is 117 Å². The van der Waals surface area contributed by atoms with E-state index in [0.717, 1.165) is 0 Å². The van der Waals surface area contributed by atoms with Crippen molar-refractivity contribution in [3.63, 3.8) is 0 Å². The van der Waals surface area contributed by atoms with Crippen molar-refractivity contribution in [1.82, 2.24) is 0 Å². The average Bonchev–Trinajstić information content (AvgIpc) is 2.84. The molecule has 0 saturated heterocycles. The number of ether oxygens (including phenoxy) is 1. The van der Waals surface area contributed by atoms with E-state index in [-0.39, 0.29) is 23.9 Å². The number of esters is 1. The summed E-state index contributed by atoms with van der Waals surface area (Å²) in [6, 6.07) is 0. The summed E-state index contributed by atoms with van der Waals surface area (Å²) in [5.74, 6) is -0.649. The third-order valence-corrected chi connectivity index (χ3v) is 5.73. The van der Waals surface area contributed by atoms with Gasteiger partial charge in [0.15, 0.2) is 0 Å². The molecule has 20 heavy (non-hydrogen) atoms. The van der Waals surface area contributed by atoms with Crippen LogP contribution in [0.5, 0.6) is 0 Å². The number of hydrogen-bond acceptors (Lipinski definition) is 5. The topological polar surface area (TPSA) is 83.8 Å². The summed E-state index contributed by atoms with van der Waals surface area (Å²) < 4.78 is 5.40. The van der Waals surface area contributed by atoms with Gasteiger partial charge in [0.1, 0.15) is 11.9 Å². The van der Waals surface area contributed by atoms with Crippen molar-refractivity contribution in [2.75, 3.05) is 6.61 Å². The number of aliphatic hydroxyl groups excluding tert-OH is 1. The quantitative estimate of drug-likeness (QED) is 0.692. The highest BCUT2D eigenvalue weighted by Crippen LogP contribution is 2.57. The molecule has 3 aliphatic rings. The van der Waals surface area contributed by atoms with E-state index in [1.807, 2.05) is 6.92 Å². The predicted octanol–water partition coefficient (Wildman–Crippen LogP) is 0.731. The van der Waals surface area contributed by atoms with Crippen molar-refractivity contribution in [3.8, 4) is 0 Å². The first-order chi connectivity index (χ1) is 9.36. The molecule has 3 rings (SSSR count). The smallest absolute Gasteiger partial charge is 0.337 e. The normalized spacial score (nSPS) is 44.2. The lowest BCUT2D eigenvalue weighted by molar-refractivity contribution is -0.167. The van der Waals surface area contributed by atoms with Crippen LogP contribution in [0.15, 0.2) is 11.1 Å². The van der Waals surface area contributed by atoms with E-state index in [0.29, 0.717) is 31.3 Å². The van der Waals surface area contributed by atoms with E-state index < -0.39 is 23.1 Å². The standard InChI is InChI=1S/C15H20O5/c1-8-3-4-9-10(7-16)13(18)20-12(9)14(2)11(17)5-6-15(8,14)19/h8,12,16,19H,3-7H2,1-2H3. The molecule has 2 aliphatic carbocycles. The van der Waals surface area contributed by atoms with E-state index in [1.165, 1.54) is 0 Å². The molecule has 0 spiro atoms. The Morgan fingerprint density at radius 1 is 1.35 bits per heavy atom. The van der Waals surface area contributed by atoms with E-state index >= 15 is 0 Å². The fourth-order valence-corrected chi connectivity index (χ4v) is 4.26. The first-order valence-corrected chi connectivity index (χ1v) is 7.15. The molecule has 110 valence electrons. The molecule has 0 aromatic rings. The highest BCUT2D eigenvalue weighted by atomic mass is 16.6. The molecule has 2 N–H and O–H groups in total. The molecule has 0 aromatic carbocycles. The maximum atomic E-state index is 12.4. The first-order valence-electron chi connectivity index (χ1n) is 7.15. The molecule has 0 radical (unpaired) electrons. The zero-order chi connectivity index (χ0) is 14.7. The second kappa shape index (κ2) is 4.15. The molecule has 1 aliphatic heterocycles. The molecule has 4 unspecified atom stereocenters. The molecular weight excluding hydrogens is 260 g/mol. The lowest BCUT2D eigenvalue weighted by Gasteiger charge is -2.43. The van der Waals surface area contributed by atoms with Crippen LogP contribution in [0.3, 0.4) is 0 Å². The fourth-order valence-electron chi connectivity index (χ4n) is 4.26. The Morgan fingerprint density at radius 2 is 2.05 bits per heavy atom. The van der Waals surface area contributed by atoms with E-state index in [9.17, 15) is 19.8 Å². The fraction of sp³-hybridized carbons (Fsp3) is 0.733. The van der Waals surface area contributed by atoms with E-state index in [1.54, 1.807) is 6.92 Å². The van der Waals surface area contributed by atoms with Gasteiger partial charge in [-0.05, 0) is 37.7 Å². The number of carbonyl (C=O) groups is 2. The predicted molar refractivity (Wildman–Crippen MR) is 69.7 cm³/mol. The van der Waals surface area contributed by atoms with Crippen LogP contribution in [-0.4, -0.2) is 40.3 Å². The van der Waals surface area contributed by atoms with Gasteiger partial charge in [-0.15, -0.1) is 0 Å². The Kier molecular flexibility index (Phi) is 2.86. The maximum absolute atomic E-state index is 12.4. The monoisotopic (exact) mass is 280 g/mol. The van der Waals surface area contributed by atoms with Crippen molar-refractivity contribution in [2.24, 2.45) is 11.3 Å². The molecule has 5 heteroatoms. The first kappa shape index (κ1) is 13.8. The number of carbonyl (C=O) groups excluding carboxylic acids is 2. The van der Waals surface area contributed by atoms with Crippen molar-refractivity contribution in [3.05, 3.63) is 11.1 Å². The number of Topliss-reactive ketones (excluding diaryl/α,β-unsaturated/α-hetero) is 1. The Morgan fingerprint density at radius 3 is 2.70 bits per heavy atom. The second-order valence-electron chi connectivity index (χ2n) is 6.44. The van der Waals surface area contributed by atoms with Crippen LogP contribution in [0.4, 0.5) is 0 Å². The second-order valence-corrected chi connectivity index (χ2v) is 6.44. The van der Waals surface area contributed by atoms with E-state index in [4.69, 9.17) is 4.74 Å². The lowest BCUT2D eigenvalue weighted by atomic mass is 9.66.